The molecule has 1 aromatic carbocycles. The molecular weight excluding hydrogens is 198 g/mol. The van der Waals surface area contributed by atoms with Crippen LogP contribution in [0.4, 0.5) is 0 Å². The molecule has 3 aromatic rings. The second kappa shape index (κ2) is 3.45. The monoisotopic (exact) mass is 209 g/mol. The average Bonchev–Trinajstić information content (AvgIpc) is 2.79. The van der Waals surface area contributed by atoms with Crippen molar-refractivity contribution in [1.29, 1.82) is 0 Å². The molecule has 0 saturated carbocycles. The highest BCUT2D eigenvalue weighted by Crippen LogP contribution is 2.18. The maximum Gasteiger partial charge on any atom is 0.156 e. The third-order valence-electron chi connectivity index (χ3n) is 2.61. The average molecular weight is 209 g/mol. The topological polar surface area (TPSA) is 30.2 Å². The normalized spacial score (nSPS) is 10.8. The number of rotatable bonds is 1. The van der Waals surface area contributed by atoms with Crippen LogP contribution in [0.1, 0.15) is 5.56 Å². The fourth-order valence-electron chi connectivity index (χ4n) is 1.82. The minimum Gasteiger partial charge on any atom is -0.235 e. The number of aryl methyl sites for hydroxylation is 1. The zero-order chi connectivity index (χ0) is 11.0. The highest BCUT2D eigenvalue weighted by molar-refractivity contribution is 5.62. The highest BCUT2D eigenvalue weighted by atomic mass is 15.2. The van der Waals surface area contributed by atoms with Crippen LogP contribution in [0, 0.1) is 6.92 Å². The molecule has 0 N–H and O–H groups in total. The van der Waals surface area contributed by atoms with Crippen LogP contribution < -0.4 is 0 Å². The van der Waals surface area contributed by atoms with Gasteiger partial charge in [0.25, 0.3) is 0 Å². The van der Waals surface area contributed by atoms with Gasteiger partial charge in [0.1, 0.15) is 0 Å². The molecule has 0 fully saturated rings. The lowest BCUT2D eigenvalue weighted by molar-refractivity contribution is 0.934. The predicted octanol–water partition coefficient (Wildman–Crippen LogP) is 2.70. The summed E-state index contributed by atoms with van der Waals surface area (Å²) in [5, 5.41) is 4.52. The van der Waals surface area contributed by atoms with E-state index in [1.807, 2.05) is 28.9 Å². The minimum absolute atomic E-state index is 0.916. The Bertz CT molecular complexity index is 626. The summed E-state index contributed by atoms with van der Waals surface area (Å²) in [5.41, 5.74) is 4.16. The van der Waals surface area contributed by atoms with Crippen LogP contribution in [0.2, 0.25) is 0 Å². The standard InChI is InChI=1S/C13H11N3/c1-10-9-12(11-5-3-2-4-6-11)15-16-8-7-14-13(10)16/h2-9H,1H3. The van der Waals surface area contributed by atoms with E-state index < -0.39 is 0 Å². The Morgan fingerprint density at radius 3 is 2.75 bits per heavy atom. The summed E-state index contributed by atoms with van der Waals surface area (Å²) in [6.45, 7) is 2.05. The van der Waals surface area contributed by atoms with Gasteiger partial charge < -0.3 is 0 Å². The number of imidazole rings is 1. The van der Waals surface area contributed by atoms with Crippen molar-refractivity contribution in [3.05, 3.63) is 54.4 Å². The van der Waals surface area contributed by atoms with Crippen LogP contribution in [0.3, 0.4) is 0 Å². The molecule has 78 valence electrons. The molecule has 0 bridgehead atoms. The first kappa shape index (κ1) is 9.09. The molecule has 0 spiro atoms. The van der Waals surface area contributed by atoms with Gasteiger partial charge in [-0.25, -0.2) is 9.50 Å². The lowest BCUT2D eigenvalue weighted by Gasteiger charge is -2.03. The molecular formula is C13H11N3. The van der Waals surface area contributed by atoms with Crippen molar-refractivity contribution in [2.24, 2.45) is 0 Å². The summed E-state index contributed by atoms with van der Waals surface area (Å²) < 4.78 is 1.82. The molecule has 0 aliphatic heterocycles. The molecule has 0 atom stereocenters. The molecule has 0 aliphatic rings. The maximum atomic E-state index is 4.52. The summed E-state index contributed by atoms with van der Waals surface area (Å²) in [6.07, 6.45) is 3.64. The summed E-state index contributed by atoms with van der Waals surface area (Å²) in [4.78, 5) is 4.25. The van der Waals surface area contributed by atoms with Crippen molar-refractivity contribution in [2.45, 2.75) is 6.92 Å². The van der Waals surface area contributed by atoms with Gasteiger partial charge in [-0.2, -0.15) is 5.10 Å². The van der Waals surface area contributed by atoms with Crippen LogP contribution in [0.5, 0.6) is 0 Å². The van der Waals surface area contributed by atoms with Gasteiger partial charge in [-0.3, -0.25) is 0 Å². The summed E-state index contributed by atoms with van der Waals surface area (Å²) in [5.74, 6) is 0. The molecule has 0 radical (unpaired) electrons. The van der Waals surface area contributed by atoms with Gasteiger partial charge >= 0.3 is 0 Å². The summed E-state index contributed by atoms with van der Waals surface area (Å²) in [6, 6.07) is 12.2. The Labute approximate surface area is 93.4 Å². The fourth-order valence-corrected chi connectivity index (χ4v) is 1.82. The van der Waals surface area contributed by atoms with Gasteiger partial charge in [-0.15, -0.1) is 0 Å². The fraction of sp³-hybridized carbons (Fsp3) is 0.0769. The molecule has 0 aliphatic carbocycles. The Kier molecular flexibility index (Phi) is 1.96. The van der Waals surface area contributed by atoms with Crippen molar-refractivity contribution in [1.82, 2.24) is 14.6 Å². The van der Waals surface area contributed by atoms with E-state index in [1.165, 1.54) is 0 Å². The number of nitrogens with zero attached hydrogens (tertiary/aromatic N) is 3. The van der Waals surface area contributed by atoms with E-state index in [0.29, 0.717) is 0 Å². The first-order valence-electron chi connectivity index (χ1n) is 5.21. The first-order chi connectivity index (χ1) is 7.84. The second-order valence-corrected chi connectivity index (χ2v) is 3.77. The highest BCUT2D eigenvalue weighted by Gasteiger charge is 2.04. The Balaban J connectivity index is 2.25. The van der Waals surface area contributed by atoms with E-state index in [4.69, 9.17) is 0 Å². The predicted molar refractivity (Wildman–Crippen MR) is 63.2 cm³/mol. The van der Waals surface area contributed by atoms with Crippen molar-refractivity contribution in [3.8, 4) is 11.3 Å². The Hall–Kier alpha value is -2.16. The molecule has 3 heteroatoms. The van der Waals surface area contributed by atoms with Crippen molar-refractivity contribution in [2.75, 3.05) is 0 Å². The van der Waals surface area contributed by atoms with Gasteiger partial charge in [0.2, 0.25) is 0 Å². The van der Waals surface area contributed by atoms with Crippen molar-refractivity contribution in [3.63, 3.8) is 0 Å². The van der Waals surface area contributed by atoms with Crippen molar-refractivity contribution >= 4 is 5.65 Å². The Morgan fingerprint density at radius 1 is 1.12 bits per heavy atom. The van der Waals surface area contributed by atoms with E-state index in [1.54, 1.807) is 6.20 Å². The molecule has 0 amide bonds. The molecule has 16 heavy (non-hydrogen) atoms. The smallest absolute Gasteiger partial charge is 0.156 e. The molecule has 0 unspecified atom stereocenters. The second-order valence-electron chi connectivity index (χ2n) is 3.77. The number of hydrogen-bond donors (Lipinski definition) is 0. The molecule has 3 nitrogen and oxygen atoms in total. The zero-order valence-corrected chi connectivity index (χ0v) is 8.96. The first-order valence-corrected chi connectivity index (χ1v) is 5.21. The molecule has 0 saturated heterocycles. The van der Waals surface area contributed by atoms with E-state index in [-0.39, 0.29) is 0 Å². The van der Waals surface area contributed by atoms with E-state index in [9.17, 15) is 0 Å². The minimum atomic E-state index is 0.916. The number of aromatic nitrogens is 3. The molecule has 2 heterocycles. The zero-order valence-electron chi connectivity index (χ0n) is 8.96. The Morgan fingerprint density at radius 2 is 1.94 bits per heavy atom. The molecule has 3 rings (SSSR count). The van der Waals surface area contributed by atoms with Gasteiger partial charge in [0.15, 0.2) is 5.65 Å². The lowest BCUT2D eigenvalue weighted by atomic mass is 10.1. The van der Waals surface area contributed by atoms with Gasteiger partial charge in [0.05, 0.1) is 5.69 Å². The molecule has 2 aromatic heterocycles. The van der Waals surface area contributed by atoms with Crippen molar-refractivity contribution < 1.29 is 0 Å². The van der Waals surface area contributed by atoms with Crippen LogP contribution in [0.15, 0.2) is 48.8 Å². The number of benzene rings is 1. The van der Waals surface area contributed by atoms with Gasteiger partial charge in [-0.1, -0.05) is 30.3 Å². The van der Waals surface area contributed by atoms with Gasteiger partial charge in [-0.05, 0) is 18.6 Å². The van der Waals surface area contributed by atoms with E-state index in [0.717, 1.165) is 22.5 Å². The summed E-state index contributed by atoms with van der Waals surface area (Å²) in [7, 11) is 0. The number of hydrogen-bond acceptors (Lipinski definition) is 2. The largest absolute Gasteiger partial charge is 0.235 e. The van der Waals surface area contributed by atoms with Crippen LogP contribution >= 0.6 is 0 Å². The van der Waals surface area contributed by atoms with Crippen LogP contribution in [-0.2, 0) is 0 Å². The SMILES string of the molecule is Cc1cc(-c2ccccc2)nn2ccnc12. The van der Waals surface area contributed by atoms with Crippen LogP contribution in [0.25, 0.3) is 16.9 Å². The summed E-state index contributed by atoms with van der Waals surface area (Å²) >= 11 is 0. The van der Waals surface area contributed by atoms with E-state index in [2.05, 4.69) is 35.2 Å². The van der Waals surface area contributed by atoms with Gasteiger partial charge in [0, 0.05) is 18.0 Å². The van der Waals surface area contributed by atoms with Crippen LogP contribution in [-0.4, -0.2) is 14.6 Å². The third kappa shape index (κ3) is 1.37. The number of fused-ring (bicyclic) bond motifs is 1. The lowest BCUT2D eigenvalue weighted by Crippen LogP contribution is -1.96. The maximum absolute atomic E-state index is 4.52. The quantitative estimate of drug-likeness (QED) is 0.616. The van der Waals surface area contributed by atoms with E-state index >= 15 is 0 Å². The third-order valence-corrected chi connectivity index (χ3v) is 2.61.